The van der Waals surface area contributed by atoms with E-state index in [1.165, 1.54) is 6.08 Å². The van der Waals surface area contributed by atoms with Crippen molar-refractivity contribution in [2.75, 3.05) is 6.61 Å². The molecule has 2 aromatic heterocycles. The van der Waals surface area contributed by atoms with Crippen molar-refractivity contribution in [3.05, 3.63) is 30.1 Å². The number of aromatic amines is 1. The van der Waals surface area contributed by atoms with Crippen molar-refractivity contribution in [3.8, 4) is 0 Å². The number of hydrogen-bond donors (Lipinski definition) is 1. The Bertz CT molecular complexity index is 531. The number of esters is 1. The van der Waals surface area contributed by atoms with Crippen molar-refractivity contribution < 1.29 is 9.53 Å². The van der Waals surface area contributed by atoms with Gasteiger partial charge in [-0.15, -0.1) is 0 Å². The average Bonchev–Trinajstić information content (AvgIpc) is 2.70. The molecule has 0 amide bonds. The van der Waals surface area contributed by atoms with Gasteiger partial charge in [0.05, 0.1) is 12.3 Å². The first-order valence-electron chi connectivity index (χ1n) is 4.95. The maximum Gasteiger partial charge on any atom is 0.330 e. The molecule has 0 spiro atoms. The summed E-state index contributed by atoms with van der Waals surface area (Å²) in [4.78, 5) is 15.2. The van der Waals surface area contributed by atoms with E-state index in [2.05, 4.69) is 15.2 Å². The monoisotopic (exact) mass is 217 g/mol. The molecule has 82 valence electrons. The summed E-state index contributed by atoms with van der Waals surface area (Å²) in [7, 11) is 0. The number of carbonyl (C=O) groups is 1. The van der Waals surface area contributed by atoms with Gasteiger partial charge in [-0.25, -0.2) is 9.78 Å². The summed E-state index contributed by atoms with van der Waals surface area (Å²) in [5, 5.41) is 7.69. The van der Waals surface area contributed by atoms with Crippen molar-refractivity contribution >= 4 is 23.1 Å². The lowest BCUT2D eigenvalue weighted by atomic mass is 10.2. The Morgan fingerprint density at radius 1 is 1.62 bits per heavy atom. The highest BCUT2D eigenvalue weighted by atomic mass is 16.5. The van der Waals surface area contributed by atoms with Gasteiger partial charge in [0.2, 0.25) is 0 Å². The number of hydrogen-bond acceptors (Lipinski definition) is 4. The van der Waals surface area contributed by atoms with Crippen molar-refractivity contribution in [3.63, 3.8) is 0 Å². The van der Waals surface area contributed by atoms with Crippen LogP contribution in [-0.4, -0.2) is 27.8 Å². The molecule has 0 atom stereocenters. The third-order valence-corrected chi connectivity index (χ3v) is 2.03. The number of pyridine rings is 1. The largest absolute Gasteiger partial charge is 0.463 e. The van der Waals surface area contributed by atoms with E-state index in [1.807, 2.05) is 12.1 Å². The third kappa shape index (κ3) is 2.08. The Morgan fingerprint density at radius 2 is 2.50 bits per heavy atom. The first-order valence-corrected chi connectivity index (χ1v) is 4.95. The Kier molecular flexibility index (Phi) is 2.95. The number of nitrogens with zero attached hydrogens (tertiary/aromatic N) is 2. The van der Waals surface area contributed by atoms with Gasteiger partial charge in [-0.2, -0.15) is 5.10 Å². The molecule has 0 saturated heterocycles. The zero-order valence-corrected chi connectivity index (χ0v) is 8.80. The van der Waals surface area contributed by atoms with Gasteiger partial charge in [0, 0.05) is 17.7 Å². The van der Waals surface area contributed by atoms with Gasteiger partial charge in [0.15, 0.2) is 5.65 Å². The van der Waals surface area contributed by atoms with E-state index in [0.29, 0.717) is 12.3 Å². The summed E-state index contributed by atoms with van der Waals surface area (Å²) < 4.78 is 4.78. The van der Waals surface area contributed by atoms with Gasteiger partial charge in [0.1, 0.15) is 0 Å². The van der Waals surface area contributed by atoms with E-state index in [-0.39, 0.29) is 5.97 Å². The van der Waals surface area contributed by atoms with Crippen molar-refractivity contribution in [2.24, 2.45) is 0 Å². The molecule has 0 bridgehead atoms. The maximum absolute atomic E-state index is 11.1. The first kappa shape index (κ1) is 10.4. The van der Waals surface area contributed by atoms with E-state index in [1.54, 1.807) is 19.2 Å². The Balaban J connectivity index is 2.24. The van der Waals surface area contributed by atoms with Crippen molar-refractivity contribution in [2.45, 2.75) is 6.92 Å². The van der Waals surface area contributed by atoms with Crippen LogP contribution in [0.2, 0.25) is 0 Å². The summed E-state index contributed by atoms with van der Waals surface area (Å²) in [6.07, 6.45) is 4.67. The van der Waals surface area contributed by atoms with Gasteiger partial charge in [-0.1, -0.05) is 0 Å². The standard InChI is InChI=1S/C11H11N3O2/c1-2-16-10(15)6-5-9-8-4-3-7-12-11(8)14-13-9/h3-7H,2H2,1H3,(H,12,13,14). The van der Waals surface area contributed by atoms with E-state index in [0.717, 1.165) is 11.1 Å². The second-order valence-electron chi connectivity index (χ2n) is 3.10. The van der Waals surface area contributed by atoms with Crippen LogP contribution in [0.1, 0.15) is 12.6 Å². The number of ether oxygens (including phenoxy) is 1. The molecule has 5 nitrogen and oxygen atoms in total. The quantitative estimate of drug-likeness (QED) is 0.625. The fourth-order valence-corrected chi connectivity index (χ4v) is 1.34. The molecule has 0 saturated carbocycles. The third-order valence-electron chi connectivity index (χ3n) is 2.03. The van der Waals surface area contributed by atoms with Crippen LogP contribution >= 0.6 is 0 Å². The molecule has 0 unspecified atom stereocenters. The van der Waals surface area contributed by atoms with Gasteiger partial charge >= 0.3 is 5.97 Å². The Hall–Kier alpha value is -2.17. The van der Waals surface area contributed by atoms with Gasteiger partial charge in [-0.05, 0) is 25.1 Å². The zero-order chi connectivity index (χ0) is 11.4. The van der Waals surface area contributed by atoms with Crippen molar-refractivity contribution in [1.82, 2.24) is 15.2 Å². The fourth-order valence-electron chi connectivity index (χ4n) is 1.34. The normalized spacial score (nSPS) is 11.1. The molecule has 0 aliphatic rings. The van der Waals surface area contributed by atoms with Gasteiger partial charge < -0.3 is 4.74 Å². The number of carbonyl (C=O) groups excluding carboxylic acids is 1. The molecule has 5 heteroatoms. The summed E-state index contributed by atoms with van der Waals surface area (Å²) in [5.74, 6) is -0.367. The number of aromatic nitrogens is 3. The Morgan fingerprint density at radius 3 is 3.31 bits per heavy atom. The molecule has 2 heterocycles. The molecule has 2 rings (SSSR count). The predicted molar refractivity (Wildman–Crippen MR) is 59.6 cm³/mol. The second kappa shape index (κ2) is 4.57. The van der Waals surface area contributed by atoms with Gasteiger partial charge in [-0.3, -0.25) is 5.10 Å². The van der Waals surface area contributed by atoms with Crippen LogP contribution < -0.4 is 0 Å². The van der Waals surface area contributed by atoms with E-state index in [9.17, 15) is 4.79 Å². The van der Waals surface area contributed by atoms with Crippen LogP contribution in [0.3, 0.4) is 0 Å². The molecular formula is C11H11N3O2. The molecule has 2 aromatic rings. The van der Waals surface area contributed by atoms with Crippen molar-refractivity contribution in [1.29, 1.82) is 0 Å². The smallest absolute Gasteiger partial charge is 0.330 e. The molecule has 0 fully saturated rings. The lowest BCUT2D eigenvalue weighted by Gasteiger charge is -1.93. The summed E-state index contributed by atoms with van der Waals surface area (Å²) in [5.41, 5.74) is 1.38. The van der Waals surface area contributed by atoms with Crippen LogP contribution in [-0.2, 0) is 9.53 Å². The minimum absolute atomic E-state index is 0.367. The van der Waals surface area contributed by atoms with E-state index >= 15 is 0 Å². The van der Waals surface area contributed by atoms with Crippen LogP contribution in [0.25, 0.3) is 17.1 Å². The molecule has 1 N–H and O–H groups in total. The minimum Gasteiger partial charge on any atom is -0.463 e. The predicted octanol–water partition coefficient (Wildman–Crippen LogP) is 1.53. The van der Waals surface area contributed by atoms with Crippen LogP contribution in [0.5, 0.6) is 0 Å². The molecular weight excluding hydrogens is 206 g/mol. The average molecular weight is 217 g/mol. The topological polar surface area (TPSA) is 67.9 Å². The highest BCUT2D eigenvalue weighted by Gasteiger charge is 2.02. The number of nitrogens with one attached hydrogen (secondary N) is 1. The van der Waals surface area contributed by atoms with Crippen LogP contribution in [0, 0.1) is 0 Å². The van der Waals surface area contributed by atoms with Gasteiger partial charge in [0.25, 0.3) is 0 Å². The molecule has 0 aliphatic carbocycles. The van der Waals surface area contributed by atoms with Crippen LogP contribution in [0.4, 0.5) is 0 Å². The highest BCUT2D eigenvalue weighted by Crippen LogP contribution is 2.13. The SMILES string of the molecule is CCOC(=O)C=Cc1[nH]nc2ncccc12. The first-order chi connectivity index (χ1) is 7.81. The van der Waals surface area contributed by atoms with E-state index < -0.39 is 0 Å². The fraction of sp³-hybridized carbons (Fsp3) is 0.182. The highest BCUT2D eigenvalue weighted by molar-refractivity contribution is 5.91. The molecule has 0 aromatic carbocycles. The Labute approximate surface area is 92.1 Å². The second-order valence-corrected chi connectivity index (χ2v) is 3.10. The molecule has 0 radical (unpaired) electrons. The summed E-state index contributed by atoms with van der Waals surface area (Å²) >= 11 is 0. The number of fused-ring (bicyclic) bond motifs is 1. The number of H-pyrrole nitrogens is 1. The lowest BCUT2D eigenvalue weighted by molar-refractivity contribution is -0.137. The number of rotatable bonds is 3. The zero-order valence-electron chi connectivity index (χ0n) is 8.80. The molecule has 16 heavy (non-hydrogen) atoms. The molecule has 0 aliphatic heterocycles. The maximum atomic E-state index is 11.1. The summed E-state index contributed by atoms with van der Waals surface area (Å²) in [6.45, 7) is 2.13. The lowest BCUT2D eigenvalue weighted by Crippen LogP contribution is -1.98. The van der Waals surface area contributed by atoms with E-state index in [4.69, 9.17) is 4.74 Å². The summed E-state index contributed by atoms with van der Waals surface area (Å²) in [6, 6.07) is 3.70. The minimum atomic E-state index is -0.367. The van der Waals surface area contributed by atoms with Crippen LogP contribution in [0.15, 0.2) is 24.4 Å².